The van der Waals surface area contributed by atoms with Gasteiger partial charge in [0.25, 0.3) is 5.91 Å². The van der Waals surface area contributed by atoms with Crippen molar-refractivity contribution in [2.24, 2.45) is 0 Å². The Morgan fingerprint density at radius 3 is 2.42 bits per heavy atom. The molecule has 0 aliphatic carbocycles. The Morgan fingerprint density at radius 2 is 1.67 bits per heavy atom. The van der Waals surface area contributed by atoms with Gasteiger partial charge in [-0.25, -0.2) is 4.39 Å². The number of hydrogen-bond donors (Lipinski definition) is 3. The second-order valence-electron chi connectivity index (χ2n) is 7.85. The number of H-pyrrole nitrogens is 1. The second kappa shape index (κ2) is 9.88. The zero-order valence-corrected chi connectivity index (χ0v) is 18.7. The fourth-order valence-electron chi connectivity index (χ4n) is 3.76. The number of benzene rings is 3. The number of aromatic amines is 1. The van der Waals surface area contributed by atoms with Crippen LogP contribution in [-0.4, -0.2) is 22.8 Å². The molecule has 0 saturated heterocycles. The molecule has 33 heavy (non-hydrogen) atoms. The van der Waals surface area contributed by atoms with E-state index in [1.807, 2.05) is 37.4 Å². The van der Waals surface area contributed by atoms with Gasteiger partial charge in [-0.15, -0.1) is 0 Å². The normalized spacial score (nSPS) is 12.8. The molecule has 0 spiro atoms. The van der Waals surface area contributed by atoms with Crippen LogP contribution in [0.1, 0.15) is 34.5 Å². The average molecular weight is 464 g/mol. The van der Waals surface area contributed by atoms with Gasteiger partial charge in [-0.3, -0.25) is 9.59 Å². The molecule has 0 saturated carbocycles. The minimum Gasteiger partial charge on any atom is -0.361 e. The molecule has 1 aromatic heterocycles. The van der Waals surface area contributed by atoms with Gasteiger partial charge in [0.1, 0.15) is 11.9 Å². The minimum absolute atomic E-state index is 0.280. The molecule has 4 aromatic rings. The molecule has 5 nitrogen and oxygen atoms in total. The highest BCUT2D eigenvalue weighted by Gasteiger charge is 2.25. The van der Waals surface area contributed by atoms with Crippen molar-refractivity contribution in [1.29, 1.82) is 0 Å². The summed E-state index contributed by atoms with van der Waals surface area (Å²) in [7, 11) is 0. The maximum atomic E-state index is 13.3. The molecule has 2 amide bonds. The first-order chi connectivity index (χ1) is 15.9. The fourth-order valence-corrected chi connectivity index (χ4v) is 3.98. The first kappa shape index (κ1) is 22.6. The van der Waals surface area contributed by atoms with Gasteiger partial charge in [0, 0.05) is 23.5 Å². The van der Waals surface area contributed by atoms with E-state index in [4.69, 9.17) is 11.6 Å². The van der Waals surface area contributed by atoms with Crippen LogP contribution < -0.4 is 10.6 Å². The number of hydrogen-bond acceptors (Lipinski definition) is 2. The molecule has 168 valence electrons. The number of amides is 2. The van der Waals surface area contributed by atoms with Gasteiger partial charge < -0.3 is 15.6 Å². The third-order valence-electron chi connectivity index (χ3n) is 5.57. The lowest BCUT2D eigenvalue weighted by molar-refractivity contribution is -0.123. The summed E-state index contributed by atoms with van der Waals surface area (Å²) in [5, 5.41) is 7.05. The average Bonchev–Trinajstić information content (AvgIpc) is 3.22. The highest BCUT2D eigenvalue weighted by atomic mass is 35.5. The van der Waals surface area contributed by atoms with Crippen molar-refractivity contribution in [2.75, 3.05) is 0 Å². The molecular formula is C26H23ClFN3O2. The van der Waals surface area contributed by atoms with Crippen LogP contribution in [0.2, 0.25) is 5.02 Å². The Morgan fingerprint density at radius 1 is 0.970 bits per heavy atom. The number of rotatable bonds is 7. The van der Waals surface area contributed by atoms with Crippen LogP contribution in [0.3, 0.4) is 0 Å². The maximum absolute atomic E-state index is 13.3. The Hall–Kier alpha value is -3.64. The molecule has 3 aromatic carbocycles. The lowest BCUT2D eigenvalue weighted by atomic mass is 10.0. The molecule has 4 rings (SSSR count). The van der Waals surface area contributed by atoms with E-state index in [1.165, 1.54) is 12.1 Å². The molecule has 0 aliphatic rings. The van der Waals surface area contributed by atoms with Crippen molar-refractivity contribution in [3.05, 3.63) is 107 Å². The van der Waals surface area contributed by atoms with Crippen LogP contribution in [0, 0.1) is 5.82 Å². The number of carbonyl (C=O) groups excluding carboxylic acids is 2. The summed E-state index contributed by atoms with van der Waals surface area (Å²) >= 11 is 6.18. The quantitative estimate of drug-likeness (QED) is 0.353. The molecular weight excluding hydrogens is 441 g/mol. The zero-order chi connectivity index (χ0) is 23.4. The Labute approximate surface area is 196 Å². The third kappa shape index (κ3) is 5.23. The van der Waals surface area contributed by atoms with Crippen LogP contribution in [0.15, 0.2) is 79.0 Å². The van der Waals surface area contributed by atoms with E-state index >= 15 is 0 Å². The highest BCUT2D eigenvalue weighted by molar-refractivity contribution is 6.33. The van der Waals surface area contributed by atoms with Crippen molar-refractivity contribution in [2.45, 2.75) is 25.4 Å². The summed E-state index contributed by atoms with van der Waals surface area (Å²) in [6.45, 7) is 1.81. The predicted octanol–water partition coefficient (Wildman–Crippen LogP) is 5.18. The first-order valence-electron chi connectivity index (χ1n) is 10.6. The fraction of sp³-hybridized carbons (Fsp3) is 0.154. The number of carbonyl (C=O) groups is 2. The van der Waals surface area contributed by atoms with Crippen LogP contribution in [0.5, 0.6) is 0 Å². The van der Waals surface area contributed by atoms with Gasteiger partial charge in [0.2, 0.25) is 5.91 Å². The maximum Gasteiger partial charge on any atom is 0.253 e. The number of aromatic nitrogens is 1. The Balaban J connectivity index is 1.58. The SMILES string of the molecule is C[C@H](NC(=O)[C@H](Cc1c[nH]c2ccccc12)NC(=O)c1ccccc1Cl)c1ccc(F)cc1. The summed E-state index contributed by atoms with van der Waals surface area (Å²) in [5.74, 6) is -1.13. The van der Waals surface area contributed by atoms with Crippen LogP contribution in [-0.2, 0) is 11.2 Å². The Bertz CT molecular complexity index is 1290. The van der Waals surface area contributed by atoms with E-state index in [0.717, 1.165) is 22.0 Å². The van der Waals surface area contributed by atoms with Gasteiger partial charge in [0.15, 0.2) is 0 Å². The monoisotopic (exact) mass is 463 g/mol. The summed E-state index contributed by atoms with van der Waals surface area (Å²) in [6, 6.07) is 19.2. The largest absolute Gasteiger partial charge is 0.361 e. The summed E-state index contributed by atoms with van der Waals surface area (Å²) in [6.07, 6.45) is 2.12. The van der Waals surface area contributed by atoms with E-state index < -0.39 is 11.9 Å². The van der Waals surface area contributed by atoms with E-state index in [2.05, 4.69) is 15.6 Å². The molecule has 2 atom stereocenters. The summed E-state index contributed by atoms with van der Waals surface area (Å²) < 4.78 is 13.3. The van der Waals surface area contributed by atoms with Gasteiger partial charge in [-0.05, 0) is 48.4 Å². The van der Waals surface area contributed by atoms with Crippen molar-refractivity contribution in [3.63, 3.8) is 0 Å². The van der Waals surface area contributed by atoms with Crippen molar-refractivity contribution in [1.82, 2.24) is 15.6 Å². The molecule has 0 radical (unpaired) electrons. The first-order valence-corrected chi connectivity index (χ1v) is 11.0. The van der Waals surface area contributed by atoms with E-state index in [0.29, 0.717) is 10.6 Å². The molecule has 0 aliphatic heterocycles. The van der Waals surface area contributed by atoms with Gasteiger partial charge >= 0.3 is 0 Å². The lowest BCUT2D eigenvalue weighted by Gasteiger charge is -2.22. The molecule has 3 N–H and O–H groups in total. The Kier molecular flexibility index (Phi) is 6.75. The number of para-hydroxylation sites is 1. The topological polar surface area (TPSA) is 74.0 Å². The number of fused-ring (bicyclic) bond motifs is 1. The minimum atomic E-state index is -0.851. The van der Waals surface area contributed by atoms with Crippen LogP contribution in [0.4, 0.5) is 4.39 Å². The molecule has 0 unspecified atom stereocenters. The number of nitrogens with one attached hydrogen (secondary N) is 3. The molecule has 0 fully saturated rings. The molecule has 1 heterocycles. The molecule has 0 bridgehead atoms. The van der Waals surface area contributed by atoms with Crippen LogP contribution >= 0.6 is 11.6 Å². The lowest BCUT2D eigenvalue weighted by Crippen LogP contribution is -2.48. The standard InChI is InChI=1S/C26H23ClFN3O2/c1-16(17-10-12-19(28)13-11-17)30-26(33)24(31-25(32)21-7-2-4-8-22(21)27)14-18-15-29-23-9-5-3-6-20(18)23/h2-13,15-16,24,29H,14H2,1H3,(H,30,33)(H,31,32)/t16-,24-/m0/s1. The van der Waals surface area contributed by atoms with Crippen molar-refractivity contribution in [3.8, 4) is 0 Å². The third-order valence-corrected chi connectivity index (χ3v) is 5.90. The predicted molar refractivity (Wildman–Crippen MR) is 128 cm³/mol. The number of halogens is 2. The van der Waals surface area contributed by atoms with Gasteiger partial charge in [-0.1, -0.05) is 54.1 Å². The van der Waals surface area contributed by atoms with Crippen molar-refractivity contribution < 1.29 is 14.0 Å². The highest BCUT2D eigenvalue weighted by Crippen LogP contribution is 2.21. The van der Waals surface area contributed by atoms with Crippen molar-refractivity contribution >= 4 is 34.3 Å². The van der Waals surface area contributed by atoms with Gasteiger partial charge in [-0.2, -0.15) is 0 Å². The van der Waals surface area contributed by atoms with Crippen LogP contribution in [0.25, 0.3) is 10.9 Å². The van der Waals surface area contributed by atoms with E-state index in [-0.39, 0.29) is 24.2 Å². The summed E-state index contributed by atoms with van der Waals surface area (Å²) in [4.78, 5) is 29.4. The second-order valence-corrected chi connectivity index (χ2v) is 8.26. The van der Waals surface area contributed by atoms with E-state index in [1.54, 1.807) is 36.4 Å². The van der Waals surface area contributed by atoms with Gasteiger partial charge in [0.05, 0.1) is 16.6 Å². The smallest absolute Gasteiger partial charge is 0.253 e. The summed E-state index contributed by atoms with van der Waals surface area (Å²) in [5.41, 5.74) is 2.90. The zero-order valence-electron chi connectivity index (χ0n) is 17.9. The van der Waals surface area contributed by atoms with E-state index in [9.17, 15) is 14.0 Å². The molecule has 7 heteroatoms.